The molecular formula is C27H38N4O2S. The van der Waals surface area contributed by atoms with Crippen molar-refractivity contribution in [2.75, 3.05) is 39.3 Å². The molecule has 1 N–H and O–H groups in total. The Hall–Kier alpha value is -2.25. The Bertz CT molecular complexity index is 973. The molecule has 0 bridgehead atoms. The van der Waals surface area contributed by atoms with Crippen molar-refractivity contribution in [3.63, 3.8) is 0 Å². The summed E-state index contributed by atoms with van der Waals surface area (Å²) in [6, 6.07) is 8.27. The Labute approximate surface area is 207 Å². The largest absolute Gasteiger partial charge is 0.356 e. The van der Waals surface area contributed by atoms with E-state index in [-0.39, 0.29) is 17.7 Å². The minimum Gasteiger partial charge on any atom is -0.356 e. The van der Waals surface area contributed by atoms with Crippen molar-refractivity contribution in [3.05, 3.63) is 40.4 Å². The van der Waals surface area contributed by atoms with Crippen LogP contribution in [-0.4, -0.2) is 65.9 Å². The van der Waals surface area contributed by atoms with Gasteiger partial charge in [0.1, 0.15) is 9.88 Å². The average Bonchev–Trinajstić information content (AvgIpc) is 3.51. The van der Waals surface area contributed by atoms with Gasteiger partial charge < -0.3 is 15.1 Å². The van der Waals surface area contributed by atoms with Crippen molar-refractivity contribution >= 4 is 23.2 Å². The predicted molar refractivity (Wildman–Crippen MR) is 138 cm³/mol. The number of rotatable bonds is 8. The number of carbonyl (C=O) groups excluding carboxylic acids is 2. The summed E-state index contributed by atoms with van der Waals surface area (Å²) in [5.74, 6) is 0.550. The molecule has 0 saturated carbocycles. The van der Waals surface area contributed by atoms with E-state index >= 15 is 0 Å². The SMILES string of the molecule is Cc1ccc(-c2nc(C)c(C(=O)N3CCC([C@@H](C)C(=O)NCCCN4CCCC4)CC3)s2)cc1. The van der Waals surface area contributed by atoms with Gasteiger partial charge in [0.2, 0.25) is 5.91 Å². The number of carbonyl (C=O) groups is 2. The van der Waals surface area contributed by atoms with Crippen LogP contribution in [0, 0.1) is 25.7 Å². The molecule has 6 nitrogen and oxygen atoms in total. The second-order valence-corrected chi connectivity index (χ2v) is 10.9. The Kier molecular flexibility index (Phi) is 8.37. The molecule has 1 atom stereocenters. The molecule has 34 heavy (non-hydrogen) atoms. The van der Waals surface area contributed by atoms with Crippen molar-refractivity contribution in [1.82, 2.24) is 20.1 Å². The second-order valence-electron chi connectivity index (χ2n) is 9.91. The number of piperidine rings is 1. The third kappa shape index (κ3) is 6.05. The van der Waals surface area contributed by atoms with E-state index in [4.69, 9.17) is 0 Å². The summed E-state index contributed by atoms with van der Waals surface area (Å²) in [4.78, 5) is 35.7. The van der Waals surface area contributed by atoms with Crippen LogP contribution in [0.1, 0.15) is 60.0 Å². The lowest BCUT2D eigenvalue weighted by molar-refractivity contribution is -0.126. The smallest absolute Gasteiger partial charge is 0.265 e. The summed E-state index contributed by atoms with van der Waals surface area (Å²) in [5.41, 5.74) is 3.06. The Balaban J connectivity index is 1.24. The summed E-state index contributed by atoms with van der Waals surface area (Å²) in [5, 5.41) is 4.03. The lowest BCUT2D eigenvalue weighted by Crippen LogP contribution is -2.43. The van der Waals surface area contributed by atoms with Gasteiger partial charge in [-0.25, -0.2) is 4.98 Å². The number of likely N-dealkylation sites (tertiary alicyclic amines) is 2. The number of hydrogen-bond acceptors (Lipinski definition) is 5. The fourth-order valence-electron chi connectivity index (χ4n) is 5.06. The van der Waals surface area contributed by atoms with Gasteiger partial charge in [0.05, 0.1) is 5.69 Å². The van der Waals surface area contributed by atoms with E-state index in [2.05, 4.69) is 46.4 Å². The topological polar surface area (TPSA) is 65.5 Å². The summed E-state index contributed by atoms with van der Waals surface area (Å²) in [7, 11) is 0. The van der Waals surface area contributed by atoms with E-state index in [0.717, 1.165) is 53.5 Å². The van der Waals surface area contributed by atoms with Gasteiger partial charge in [-0.05, 0) is 71.5 Å². The lowest BCUT2D eigenvalue weighted by Gasteiger charge is -2.34. The molecule has 2 aliphatic heterocycles. The Morgan fingerprint density at radius 2 is 1.76 bits per heavy atom. The molecular weight excluding hydrogens is 444 g/mol. The number of benzene rings is 1. The molecule has 1 aromatic heterocycles. The first kappa shape index (κ1) is 24.9. The van der Waals surface area contributed by atoms with Gasteiger partial charge in [0.25, 0.3) is 5.91 Å². The molecule has 2 saturated heterocycles. The Morgan fingerprint density at radius 1 is 1.09 bits per heavy atom. The van der Waals surface area contributed by atoms with Crippen molar-refractivity contribution in [2.24, 2.45) is 11.8 Å². The fraction of sp³-hybridized carbons (Fsp3) is 0.593. The molecule has 2 fully saturated rings. The highest BCUT2D eigenvalue weighted by Gasteiger charge is 2.31. The van der Waals surface area contributed by atoms with Crippen LogP contribution in [0.4, 0.5) is 0 Å². The summed E-state index contributed by atoms with van der Waals surface area (Å²) < 4.78 is 0. The normalized spacial score (nSPS) is 18.3. The number of aryl methyl sites for hydroxylation is 2. The predicted octanol–water partition coefficient (Wildman–Crippen LogP) is 4.52. The van der Waals surface area contributed by atoms with Crippen molar-refractivity contribution in [3.8, 4) is 10.6 Å². The van der Waals surface area contributed by atoms with E-state index in [0.29, 0.717) is 19.0 Å². The first-order chi connectivity index (χ1) is 16.4. The number of amides is 2. The molecule has 184 valence electrons. The zero-order chi connectivity index (χ0) is 24.1. The zero-order valence-corrected chi connectivity index (χ0v) is 21.6. The van der Waals surface area contributed by atoms with E-state index in [1.54, 1.807) is 0 Å². The third-order valence-corrected chi connectivity index (χ3v) is 8.58. The molecule has 7 heteroatoms. The van der Waals surface area contributed by atoms with Crippen molar-refractivity contribution < 1.29 is 9.59 Å². The molecule has 0 radical (unpaired) electrons. The quantitative estimate of drug-likeness (QED) is 0.562. The maximum Gasteiger partial charge on any atom is 0.265 e. The minimum absolute atomic E-state index is 0.0117. The maximum absolute atomic E-state index is 13.2. The van der Waals surface area contributed by atoms with Crippen LogP contribution in [0.2, 0.25) is 0 Å². The van der Waals surface area contributed by atoms with E-state index in [1.807, 2.05) is 18.7 Å². The number of aromatic nitrogens is 1. The highest BCUT2D eigenvalue weighted by atomic mass is 32.1. The molecule has 0 spiro atoms. The van der Waals surface area contributed by atoms with Crippen LogP contribution >= 0.6 is 11.3 Å². The highest BCUT2D eigenvalue weighted by Crippen LogP contribution is 2.31. The van der Waals surface area contributed by atoms with Gasteiger partial charge in [-0.15, -0.1) is 11.3 Å². The first-order valence-electron chi connectivity index (χ1n) is 12.8. The molecule has 4 rings (SSSR count). The zero-order valence-electron chi connectivity index (χ0n) is 20.8. The second kappa shape index (κ2) is 11.5. The number of thiazole rings is 1. The van der Waals surface area contributed by atoms with Crippen molar-refractivity contribution in [2.45, 2.75) is 52.9 Å². The molecule has 0 unspecified atom stereocenters. The number of nitrogens with zero attached hydrogens (tertiary/aromatic N) is 3. The van der Waals surface area contributed by atoms with E-state index in [1.165, 1.54) is 42.8 Å². The summed E-state index contributed by atoms with van der Waals surface area (Å²) in [6.45, 7) is 11.7. The fourth-order valence-corrected chi connectivity index (χ4v) is 6.10. The average molecular weight is 483 g/mol. The van der Waals surface area contributed by atoms with Gasteiger partial charge in [-0.3, -0.25) is 9.59 Å². The molecule has 2 aliphatic rings. The van der Waals surface area contributed by atoms with E-state index < -0.39 is 0 Å². The number of hydrogen-bond donors (Lipinski definition) is 1. The molecule has 2 aromatic rings. The van der Waals surface area contributed by atoms with Gasteiger partial charge in [0, 0.05) is 31.1 Å². The number of nitrogens with one attached hydrogen (secondary N) is 1. The van der Waals surface area contributed by atoms with Crippen LogP contribution in [0.15, 0.2) is 24.3 Å². The first-order valence-corrected chi connectivity index (χ1v) is 13.6. The van der Waals surface area contributed by atoms with Crippen LogP contribution in [0.3, 0.4) is 0 Å². The molecule has 2 amide bonds. The molecule has 0 aliphatic carbocycles. The molecule has 3 heterocycles. The standard InChI is InChI=1S/C27H38N4O2S/c1-19-7-9-23(10-8-19)26-29-21(3)24(34-26)27(33)31-17-11-22(12-18-31)20(2)25(32)28-13-6-16-30-14-4-5-15-30/h7-10,20,22H,4-6,11-18H2,1-3H3,(H,28,32)/t20-/m1/s1. The highest BCUT2D eigenvalue weighted by molar-refractivity contribution is 7.17. The summed E-state index contributed by atoms with van der Waals surface area (Å²) >= 11 is 1.48. The van der Waals surface area contributed by atoms with Crippen LogP contribution < -0.4 is 5.32 Å². The van der Waals surface area contributed by atoms with Gasteiger partial charge >= 0.3 is 0 Å². The van der Waals surface area contributed by atoms with Gasteiger partial charge in [-0.1, -0.05) is 36.8 Å². The van der Waals surface area contributed by atoms with Gasteiger partial charge in [0.15, 0.2) is 0 Å². The third-order valence-electron chi connectivity index (χ3n) is 7.39. The minimum atomic E-state index is -0.0117. The van der Waals surface area contributed by atoms with Crippen LogP contribution in [-0.2, 0) is 4.79 Å². The molecule has 1 aromatic carbocycles. The summed E-state index contributed by atoms with van der Waals surface area (Å²) in [6.07, 6.45) is 5.37. The van der Waals surface area contributed by atoms with E-state index in [9.17, 15) is 9.59 Å². The Morgan fingerprint density at radius 3 is 2.44 bits per heavy atom. The lowest BCUT2D eigenvalue weighted by atomic mass is 9.84. The van der Waals surface area contributed by atoms with Crippen molar-refractivity contribution in [1.29, 1.82) is 0 Å². The maximum atomic E-state index is 13.2. The monoisotopic (exact) mass is 482 g/mol. The van der Waals surface area contributed by atoms with Crippen LogP contribution in [0.25, 0.3) is 10.6 Å². The van der Waals surface area contributed by atoms with Gasteiger partial charge in [-0.2, -0.15) is 0 Å². The van der Waals surface area contributed by atoms with Crippen LogP contribution in [0.5, 0.6) is 0 Å².